The second-order valence-corrected chi connectivity index (χ2v) is 14.0. The van der Waals surface area contributed by atoms with Gasteiger partial charge in [-0.05, 0) is 51.0 Å². The van der Waals surface area contributed by atoms with Crippen LogP contribution in [-0.4, -0.2) is 43.3 Å². The molecule has 0 spiro atoms. The Kier molecular flexibility index (Phi) is 34.2. The summed E-state index contributed by atoms with van der Waals surface area (Å²) in [7, 11) is -4.26. The Morgan fingerprint density at radius 3 is 1.63 bits per heavy atom. The molecule has 272 valence electrons. The number of nitrogens with two attached hydrogens (primary N) is 1. The van der Waals surface area contributed by atoms with Gasteiger partial charge in [0.1, 0.15) is 6.61 Å². The van der Waals surface area contributed by atoms with Crippen LogP contribution in [0.25, 0.3) is 0 Å². The smallest absolute Gasteiger partial charge is 0.472 e. The van der Waals surface area contributed by atoms with E-state index < -0.39 is 13.9 Å². The molecule has 0 aromatic heterocycles. The summed E-state index contributed by atoms with van der Waals surface area (Å²) in [5, 5.41) is 0. The monoisotopic (exact) mass is 674 g/mol. The predicted octanol–water partition coefficient (Wildman–Crippen LogP) is 10.9. The fraction of sp³-hybridized carbons (Fsp3) is 0.865. The fourth-order valence-corrected chi connectivity index (χ4v) is 5.86. The molecule has 8 nitrogen and oxygen atoms in total. The summed E-state index contributed by atoms with van der Waals surface area (Å²) in [6.07, 6.45) is 37.2. The first-order chi connectivity index (χ1) is 22.4. The van der Waals surface area contributed by atoms with E-state index in [-0.39, 0.29) is 32.3 Å². The first-order valence-electron chi connectivity index (χ1n) is 18.9. The maximum Gasteiger partial charge on any atom is 0.472 e. The molecule has 0 saturated heterocycles. The van der Waals surface area contributed by atoms with Crippen molar-refractivity contribution >= 4 is 13.8 Å². The number of hydrogen-bond donors (Lipinski definition) is 2. The molecule has 0 rings (SSSR count). The van der Waals surface area contributed by atoms with Crippen LogP contribution in [-0.2, 0) is 27.9 Å². The van der Waals surface area contributed by atoms with Gasteiger partial charge in [-0.2, -0.15) is 0 Å². The van der Waals surface area contributed by atoms with Gasteiger partial charge >= 0.3 is 13.8 Å². The van der Waals surface area contributed by atoms with Crippen molar-refractivity contribution in [2.45, 2.75) is 180 Å². The number of phosphoric acid groups is 1. The third kappa shape index (κ3) is 34.2. The van der Waals surface area contributed by atoms with E-state index in [1.165, 1.54) is 122 Å². The highest BCUT2D eigenvalue weighted by molar-refractivity contribution is 7.47. The third-order valence-electron chi connectivity index (χ3n) is 7.96. The van der Waals surface area contributed by atoms with E-state index in [1.54, 1.807) is 6.26 Å². The Morgan fingerprint density at radius 2 is 1.11 bits per heavy atom. The van der Waals surface area contributed by atoms with E-state index in [2.05, 4.69) is 26.0 Å². The number of hydrogen-bond acceptors (Lipinski definition) is 7. The molecule has 0 heterocycles. The van der Waals surface area contributed by atoms with Crippen molar-refractivity contribution in [2.24, 2.45) is 5.73 Å². The predicted molar refractivity (Wildman–Crippen MR) is 192 cm³/mol. The Morgan fingerprint density at radius 1 is 0.652 bits per heavy atom. The molecule has 0 aliphatic rings. The largest absolute Gasteiger partial charge is 0.492 e. The van der Waals surface area contributed by atoms with Crippen molar-refractivity contribution in [1.29, 1.82) is 0 Å². The van der Waals surface area contributed by atoms with E-state index in [0.29, 0.717) is 6.42 Å². The van der Waals surface area contributed by atoms with Crippen LogP contribution in [0.15, 0.2) is 24.5 Å². The molecule has 0 radical (unpaired) electrons. The summed E-state index contributed by atoms with van der Waals surface area (Å²) < 4.78 is 33.0. The van der Waals surface area contributed by atoms with E-state index >= 15 is 0 Å². The van der Waals surface area contributed by atoms with E-state index in [4.69, 9.17) is 24.3 Å². The number of unbranched alkanes of at least 4 members (excludes halogenated alkanes) is 21. The summed E-state index contributed by atoms with van der Waals surface area (Å²) in [5.41, 5.74) is 5.34. The Hall–Kier alpha value is -1.18. The number of rotatable bonds is 36. The highest BCUT2D eigenvalue weighted by Gasteiger charge is 2.24. The van der Waals surface area contributed by atoms with Crippen molar-refractivity contribution in [3.63, 3.8) is 0 Å². The molecule has 46 heavy (non-hydrogen) atoms. The molecule has 0 saturated carbocycles. The Balaban J connectivity index is 4.15. The number of ether oxygens (including phenoxy) is 2. The maximum absolute atomic E-state index is 12.3. The summed E-state index contributed by atoms with van der Waals surface area (Å²) in [6, 6.07) is 0. The number of phosphoric ester groups is 1. The second kappa shape index (κ2) is 35.1. The van der Waals surface area contributed by atoms with Crippen molar-refractivity contribution in [2.75, 3.05) is 26.4 Å². The van der Waals surface area contributed by atoms with Crippen LogP contribution in [0.5, 0.6) is 0 Å². The standard InChI is InChI=1S/C37H72NO7P/c1-3-5-7-9-11-13-15-16-17-18-19-21-23-25-27-29-32-42-36(35-45-46(40,41)44-33-31-38)34-43-37(39)30-28-26-24-22-20-14-12-10-8-6-4-2/h13,15,29,32,36H,3-12,14,16-28,30-31,33-35,38H2,1-2H3,(H,40,41)/t36-/m1/s1. The van der Waals surface area contributed by atoms with Crippen LogP contribution >= 0.6 is 7.82 Å². The van der Waals surface area contributed by atoms with Crippen molar-refractivity contribution in [3.05, 3.63) is 24.5 Å². The first kappa shape index (κ1) is 44.8. The van der Waals surface area contributed by atoms with Crippen LogP contribution < -0.4 is 5.73 Å². The lowest BCUT2D eigenvalue weighted by Crippen LogP contribution is -2.25. The Labute approximate surface area is 283 Å². The normalized spacial score (nSPS) is 13.8. The van der Waals surface area contributed by atoms with Gasteiger partial charge in [-0.1, -0.05) is 135 Å². The lowest BCUT2D eigenvalue weighted by atomic mass is 10.1. The van der Waals surface area contributed by atoms with Crippen molar-refractivity contribution in [3.8, 4) is 0 Å². The summed E-state index contributed by atoms with van der Waals surface area (Å²) >= 11 is 0. The quantitative estimate of drug-likeness (QED) is 0.0222. The lowest BCUT2D eigenvalue weighted by Gasteiger charge is -2.19. The topological polar surface area (TPSA) is 117 Å². The minimum absolute atomic E-state index is 0.0634. The van der Waals surface area contributed by atoms with E-state index in [0.717, 1.165) is 32.1 Å². The zero-order chi connectivity index (χ0) is 33.8. The molecule has 9 heteroatoms. The zero-order valence-corrected chi connectivity index (χ0v) is 30.7. The summed E-state index contributed by atoms with van der Waals surface area (Å²) in [5.74, 6) is -0.293. The van der Waals surface area contributed by atoms with Gasteiger partial charge < -0.3 is 20.1 Å². The average Bonchev–Trinajstić information content (AvgIpc) is 3.05. The highest BCUT2D eigenvalue weighted by Crippen LogP contribution is 2.43. The number of carbonyl (C=O) groups is 1. The molecule has 0 bridgehead atoms. The number of carbonyl (C=O) groups excluding carboxylic acids is 1. The molecule has 0 aromatic rings. The van der Waals surface area contributed by atoms with Crippen molar-refractivity contribution in [1.82, 2.24) is 0 Å². The molecular formula is C37H72NO7P. The first-order valence-corrected chi connectivity index (χ1v) is 20.4. The molecule has 2 atom stereocenters. The zero-order valence-electron chi connectivity index (χ0n) is 29.8. The number of allylic oxidation sites excluding steroid dienone is 3. The lowest BCUT2D eigenvalue weighted by molar-refractivity contribution is -0.147. The highest BCUT2D eigenvalue weighted by atomic mass is 31.2. The minimum Gasteiger partial charge on any atom is -0.492 e. The van der Waals surface area contributed by atoms with Crippen LogP contribution in [0.1, 0.15) is 174 Å². The van der Waals surface area contributed by atoms with Gasteiger partial charge in [-0.3, -0.25) is 13.8 Å². The van der Waals surface area contributed by atoms with Crippen molar-refractivity contribution < 1.29 is 32.8 Å². The molecule has 0 aromatic carbocycles. The van der Waals surface area contributed by atoms with Gasteiger partial charge in [0.05, 0.1) is 19.5 Å². The molecule has 0 aliphatic heterocycles. The van der Waals surface area contributed by atoms with Gasteiger partial charge in [0.25, 0.3) is 0 Å². The van der Waals surface area contributed by atoms with Crippen LogP contribution in [0.3, 0.4) is 0 Å². The van der Waals surface area contributed by atoms with Gasteiger partial charge in [-0.25, -0.2) is 4.57 Å². The van der Waals surface area contributed by atoms with Gasteiger partial charge in [-0.15, -0.1) is 0 Å². The Bertz CT molecular complexity index is 762. The molecule has 0 aliphatic carbocycles. The molecule has 0 fully saturated rings. The summed E-state index contributed by atoms with van der Waals surface area (Å²) in [6.45, 7) is 4.19. The maximum atomic E-state index is 12.3. The third-order valence-corrected chi connectivity index (χ3v) is 8.94. The van der Waals surface area contributed by atoms with Crippen LogP contribution in [0.2, 0.25) is 0 Å². The molecule has 0 amide bonds. The van der Waals surface area contributed by atoms with Gasteiger partial charge in [0, 0.05) is 13.0 Å². The van der Waals surface area contributed by atoms with Gasteiger partial charge in [0.2, 0.25) is 0 Å². The second-order valence-electron chi connectivity index (χ2n) is 12.5. The average molecular weight is 674 g/mol. The molecule has 3 N–H and O–H groups in total. The number of esters is 1. The van der Waals surface area contributed by atoms with Gasteiger partial charge in [0.15, 0.2) is 6.10 Å². The van der Waals surface area contributed by atoms with E-state index in [9.17, 15) is 14.3 Å². The fourth-order valence-electron chi connectivity index (χ4n) is 5.09. The van der Waals surface area contributed by atoms with Crippen LogP contribution in [0.4, 0.5) is 0 Å². The SMILES string of the molecule is CCCCCCC=CCCCCCCCCC=CO[C@H](COC(=O)CCCCCCCCCCCCC)COP(=O)(O)OCCN. The minimum atomic E-state index is -4.26. The molecular weight excluding hydrogens is 601 g/mol. The van der Waals surface area contributed by atoms with Crippen LogP contribution in [0, 0.1) is 0 Å². The van der Waals surface area contributed by atoms with E-state index in [1.807, 2.05) is 6.08 Å². The summed E-state index contributed by atoms with van der Waals surface area (Å²) in [4.78, 5) is 22.1. The molecule has 1 unspecified atom stereocenters.